The molecule has 0 aliphatic carbocycles. The topological polar surface area (TPSA) is 69.6 Å². The lowest BCUT2D eigenvalue weighted by atomic mass is 10.0. The van der Waals surface area contributed by atoms with Crippen LogP contribution in [0.5, 0.6) is 0 Å². The quantitative estimate of drug-likeness (QED) is 0.793. The average molecular weight is 351 g/mol. The summed E-state index contributed by atoms with van der Waals surface area (Å²) in [5.74, 6) is 0.765. The van der Waals surface area contributed by atoms with Crippen LogP contribution in [0.4, 0.5) is 16.3 Å². The summed E-state index contributed by atoms with van der Waals surface area (Å²) in [7, 11) is 0. The normalized spacial score (nSPS) is 18.7. The predicted molar refractivity (Wildman–Crippen MR) is 98.0 cm³/mol. The van der Waals surface area contributed by atoms with Crippen molar-refractivity contribution in [3.05, 3.63) is 48.4 Å². The number of anilines is 2. The molecule has 2 aliphatic heterocycles. The molecule has 2 saturated heterocycles. The summed E-state index contributed by atoms with van der Waals surface area (Å²) in [6.45, 7) is 3.73. The smallest absolute Gasteiger partial charge is 0.332 e. The zero-order valence-corrected chi connectivity index (χ0v) is 14.7. The molecular weight excluding hydrogens is 330 g/mol. The van der Waals surface area contributed by atoms with E-state index in [1.165, 1.54) is 4.90 Å². The molecule has 2 aliphatic rings. The number of rotatable bonds is 3. The highest BCUT2D eigenvalue weighted by atomic mass is 16.2. The highest BCUT2D eigenvalue weighted by molar-refractivity contribution is 6.19. The van der Waals surface area contributed by atoms with Crippen LogP contribution in [0.1, 0.15) is 18.5 Å². The number of carbonyl (C=O) groups is 2. The Morgan fingerprint density at radius 1 is 1.04 bits per heavy atom. The third kappa shape index (κ3) is 3.00. The number of para-hydroxylation sites is 1. The maximum atomic E-state index is 12.8. The summed E-state index contributed by atoms with van der Waals surface area (Å²) in [4.78, 5) is 38.9. The van der Waals surface area contributed by atoms with Gasteiger partial charge in [0.1, 0.15) is 18.7 Å². The van der Waals surface area contributed by atoms with E-state index < -0.39 is 0 Å². The van der Waals surface area contributed by atoms with Crippen molar-refractivity contribution >= 4 is 23.4 Å². The number of benzene rings is 1. The minimum Gasteiger partial charge on any atom is -0.356 e. The number of amides is 3. The van der Waals surface area contributed by atoms with Gasteiger partial charge in [-0.25, -0.2) is 19.7 Å². The third-order valence-electron chi connectivity index (χ3n) is 5.02. The molecule has 134 valence electrons. The number of aromatic nitrogens is 2. The lowest BCUT2D eigenvalue weighted by Gasteiger charge is -2.36. The van der Waals surface area contributed by atoms with Crippen LogP contribution in [-0.2, 0) is 4.79 Å². The Morgan fingerprint density at radius 3 is 2.46 bits per heavy atom. The molecule has 0 N–H and O–H groups in total. The molecule has 0 radical (unpaired) electrons. The van der Waals surface area contributed by atoms with E-state index in [0.29, 0.717) is 5.69 Å². The molecule has 7 nitrogen and oxygen atoms in total. The first-order chi connectivity index (χ1) is 12.6. The van der Waals surface area contributed by atoms with Crippen molar-refractivity contribution in [1.29, 1.82) is 0 Å². The molecule has 0 spiro atoms. The Labute approximate surface area is 152 Å². The molecule has 3 amide bonds. The highest BCUT2D eigenvalue weighted by Crippen LogP contribution is 2.27. The van der Waals surface area contributed by atoms with Gasteiger partial charge < -0.3 is 9.80 Å². The minimum atomic E-state index is -0.211. The van der Waals surface area contributed by atoms with Gasteiger partial charge in [-0.15, -0.1) is 0 Å². The Kier molecular flexibility index (Phi) is 4.28. The zero-order chi connectivity index (χ0) is 18.1. The number of nitrogens with zero attached hydrogens (tertiary/aromatic N) is 5. The van der Waals surface area contributed by atoms with Crippen molar-refractivity contribution < 1.29 is 9.59 Å². The molecule has 7 heteroatoms. The van der Waals surface area contributed by atoms with Gasteiger partial charge >= 0.3 is 6.03 Å². The van der Waals surface area contributed by atoms with Crippen LogP contribution in [0.3, 0.4) is 0 Å². The third-order valence-corrected chi connectivity index (χ3v) is 5.02. The number of carbonyl (C=O) groups excluding carboxylic acids is 2. The van der Waals surface area contributed by atoms with Crippen molar-refractivity contribution in [2.24, 2.45) is 0 Å². The Balaban J connectivity index is 1.43. The minimum absolute atomic E-state index is 0.0827. The molecule has 4 rings (SSSR count). The maximum absolute atomic E-state index is 12.8. The Morgan fingerprint density at radius 2 is 1.77 bits per heavy atom. The fourth-order valence-corrected chi connectivity index (χ4v) is 3.66. The van der Waals surface area contributed by atoms with E-state index in [4.69, 9.17) is 0 Å². The average Bonchev–Trinajstić information content (AvgIpc) is 2.97. The Hall–Kier alpha value is -2.96. The number of hydrogen-bond acceptors (Lipinski definition) is 5. The number of imide groups is 1. The van der Waals surface area contributed by atoms with E-state index >= 15 is 0 Å². The number of urea groups is 1. The summed E-state index contributed by atoms with van der Waals surface area (Å²) >= 11 is 0. The second-order valence-corrected chi connectivity index (χ2v) is 6.71. The first kappa shape index (κ1) is 16.5. The summed E-state index contributed by atoms with van der Waals surface area (Å²) in [5, 5.41) is 0. The van der Waals surface area contributed by atoms with Crippen LogP contribution in [-0.4, -0.2) is 52.5 Å². The number of aryl methyl sites for hydroxylation is 1. The summed E-state index contributed by atoms with van der Waals surface area (Å²) < 4.78 is 0. The molecule has 1 aromatic carbocycles. The van der Waals surface area contributed by atoms with E-state index in [-0.39, 0.29) is 24.5 Å². The van der Waals surface area contributed by atoms with E-state index in [1.54, 1.807) is 23.4 Å². The van der Waals surface area contributed by atoms with E-state index in [2.05, 4.69) is 14.9 Å². The monoisotopic (exact) mass is 351 g/mol. The summed E-state index contributed by atoms with van der Waals surface area (Å²) in [5.41, 5.74) is 1.58. The predicted octanol–water partition coefficient (Wildman–Crippen LogP) is 2.22. The molecule has 0 unspecified atom stereocenters. The lowest BCUT2D eigenvalue weighted by molar-refractivity contribution is -0.116. The largest absolute Gasteiger partial charge is 0.356 e. The van der Waals surface area contributed by atoms with Crippen LogP contribution in [0.25, 0.3) is 0 Å². The second kappa shape index (κ2) is 6.74. The van der Waals surface area contributed by atoms with Gasteiger partial charge in [-0.1, -0.05) is 18.2 Å². The van der Waals surface area contributed by atoms with Gasteiger partial charge in [-0.05, 0) is 31.9 Å². The summed E-state index contributed by atoms with van der Waals surface area (Å²) in [6, 6.07) is 11.0. The molecule has 26 heavy (non-hydrogen) atoms. The molecule has 2 fully saturated rings. The number of hydrogen-bond donors (Lipinski definition) is 0. The van der Waals surface area contributed by atoms with E-state index in [0.717, 1.165) is 37.4 Å². The first-order valence-corrected chi connectivity index (χ1v) is 8.85. The van der Waals surface area contributed by atoms with Gasteiger partial charge in [0.25, 0.3) is 5.91 Å². The van der Waals surface area contributed by atoms with E-state index in [9.17, 15) is 9.59 Å². The van der Waals surface area contributed by atoms with Crippen LogP contribution in [0, 0.1) is 6.92 Å². The van der Waals surface area contributed by atoms with Crippen LogP contribution < -0.4 is 9.80 Å². The van der Waals surface area contributed by atoms with Crippen molar-refractivity contribution in [1.82, 2.24) is 14.9 Å². The van der Waals surface area contributed by atoms with Gasteiger partial charge in [-0.2, -0.15) is 0 Å². The van der Waals surface area contributed by atoms with Crippen molar-refractivity contribution in [3.8, 4) is 0 Å². The van der Waals surface area contributed by atoms with Gasteiger partial charge in [0.05, 0.1) is 5.69 Å². The van der Waals surface area contributed by atoms with Crippen LogP contribution in [0.15, 0.2) is 42.7 Å². The molecule has 2 aromatic rings. The highest BCUT2D eigenvalue weighted by Gasteiger charge is 2.41. The first-order valence-electron chi connectivity index (χ1n) is 8.85. The van der Waals surface area contributed by atoms with Crippen LogP contribution in [0.2, 0.25) is 0 Å². The molecule has 1 aromatic heterocycles. The fourth-order valence-electron chi connectivity index (χ4n) is 3.66. The number of piperidine rings is 1. The molecule has 0 atom stereocenters. The maximum Gasteiger partial charge on any atom is 0.332 e. The lowest BCUT2D eigenvalue weighted by Crippen LogP contribution is -2.46. The van der Waals surface area contributed by atoms with Gasteiger partial charge in [0, 0.05) is 30.9 Å². The molecular formula is C19H21N5O2. The second-order valence-electron chi connectivity index (χ2n) is 6.71. The van der Waals surface area contributed by atoms with Crippen molar-refractivity contribution in [2.45, 2.75) is 25.8 Å². The standard InChI is InChI=1S/C19H21N5O2/c1-14-11-17(21-13-20-14)22-9-7-15(8-10-22)23-12-18(25)24(19(23)26)16-5-3-2-4-6-16/h2-6,11,13,15H,7-10,12H2,1H3. The Bertz CT molecular complexity index is 818. The zero-order valence-electron chi connectivity index (χ0n) is 14.7. The van der Waals surface area contributed by atoms with Crippen molar-refractivity contribution in [2.75, 3.05) is 29.4 Å². The van der Waals surface area contributed by atoms with Crippen molar-refractivity contribution in [3.63, 3.8) is 0 Å². The van der Waals surface area contributed by atoms with E-state index in [1.807, 2.05) is 31.2 Å². The molecule has 3 heterocycles. The van der Waals surface area contributed by atoms with Gasteiger partial charge in [0.2, 0.25) is 0 Å². The van der Waals surface area contributed by atoms with Crippen LogP contribution >= 0.6 is 0 Å². The summed E-state index contributed by atoms with van der Waals surface area (Å²) in [6.07, 6.45) is 3.23. The molecule has 0 bridgehead atoms. The molecule has 0 saturated carbocycles. The van der Waals surface area contributed by atoms with Gasteiger partial charge in [0.15, 0.2) is 0 Å². The SMILES string of the molecule is Cc1cc(N2CCC(N3CC(=O)N(c4ccccc4)C3=O)CC2)ncn1. The fraction of sp³-hybridized carbons (Fsp3) is 0.368. The van der Waals surface area contributed by atoms with Gasteiger partial charge in [-0.3, -0.25) is 4.79 Å².